The van der Waals surface area contributed by atoms with Crippen LogP contribution in [0.4, 0.5) is 18.9 Å². The summed E-state index contributed by atoms with van der Waals surface area (Å²) in [5.74, 6) is -2.39. The summed E-state index contributed by atoms with van der Waals surface area (Å²) in [5.41, 5.74) is -0.760. The number of benzene rings is 1. The second-order valence-electron chi connectivity index (χ2n) is 3.98. The molecule has 0 atom stereocenters. The lowest BCUT2D eigenvalue weighted by atomic mass is 10.1. The maximum atomic E-state index is 12.7. The average molecular weight is 395 g/mol. The van der Waals surface area contributed by atoms with Gasteiger partial charge in [-0.05, 0) is 18.2 Å². The molecule has 1 aromatic heterocycles. The lowest BCUT2D eigenvalue weighted by Crippen LogP contribution is -2.18. The van der Waals surface area contributed by atoms with Crippen molar-refractivity contribution in [1.82, 2.24) is 4.98 Å². The largest absolute Gasteiger partial charge is 0.478 e. The summed E-state index contributed by atoms with van der Waals surface area (Å²) < 4.78 is 38.6. The van der Waals surface area contributed by atoms with E-state index in [0.29, 0.717) is 15.8 Å². The smallest absolute Gasteiger partial charge is 0.434 e. The molecule has 116 valence electrons. The first-order chi connectivity index (χ1) is 10.2. The number of amides is 1. The topological polar surface area (TPSA) is 79.3 Å². The van der Waals surface area contributed by atoms with Crippen LogP contribution in [0.25, 0.3) is 0 Å². The molecule has 0 radical (unpaired) electrons. The molecule has 2 aromatic rings. The predicted octanol–water partition coefficient (Wildman–Crippen LogP) is 3.87. The van der Waals surface area contributed by atoms with E-state index in [1.165, 1.54) is 18.2 Å². The van der Waals surface area contributed by atoms with Gasteiger partial charge in [-0.2, -0.15) is 13.2 Å². The Balaban J connectivity index is 2.35. The monoisotopic (exact) mass is 394 g/mol. The van der Waals surface area contributed by atoms with E-state index in [-0.39, 0.29) is 11.3 Å². The molecule has 0 fully saturated rings. The molecule has 2 rings (SSSR count). The van der Waals surface area contributed by atoms with Gasteiger partial charge in [-0.3, -0.25) is 4.79 Å². The molecular weight excluding hydrogens is 389 g/mol. The third-order valence-electron chi connectivity index (χ3n) is 2.50. The van der Waals surface area contributed by atoms with Crippen LogP contribution < -0.4 is 5.32 Å². The van der Waals surface area contributed by atoms with Gasteiger partial charge in [-0.25, -0.2) is 9.78 Å². The summed E-state index contributed by atoms with van der Waals surface area (Å²) in [5, 5.41) is 11.2. The average Bonchev–Trinajstić information content (AvgIpc) is 2.89. The summed E-state index contributed by atoms with van der Waals surface area (Å²) in [6.07, 6.45) is -4.76. The third-order valence-corrected chi connectivity index (χ3v) is 3.82. The van der Waals surface area contributed by atoms with Crippen molar-refractivity contribution in [1.29, 1.82) is 0 Å². The minimum Gasteiger partial charge on any atom is -0.478 e. The lowest BCUT2D eigenvalue weighted by molar-refractivity contribution is -0.141. The first-order valence-corrected chi connectivity index (χ1v) is 7.22. The number of carboxylic acid groups (broad SMARTS) is 1. The van der Waals surface area contributed by atoms with Gasteiger partial charge in [0.1, 0.15) is 4.88 Å². The summed E-state index contributed by atoms with van der Waals surface area (Å²) in [4.78, 5) is 25.6. The van der Waals surface area contributed by atoms with E-state index in [9.17, 15) is 22.8 Å². The molecule has 0 bridgehead atoms. The second-order valence-corrected chi connectivity index (χ2v) is 5.75. The SMILES string of the molecule is O=C(O)c1cc(Br)ccc1NC(=O)c1scnc1C(F)(F)F. The molecule has 1 amide bonds. The molecule has 0 unspecified atom stereocenters. The van der Waals surface area contributed by atoms with E-state index in [1.54, 1.807) is 0 Å². The van der Waals surface area contributed by atoms with Crippen LogP contribution in [0.5, 0.6) is 0 Å². The summed E-state index contributed by atoms with van der Waals surface area (Å²) in [7, 11) is 0. The molecule has 0 saturated carbocycles. The summed E-state index contributed by atoms with van der Waals surface area (Å²) in [6, 6.07) is 3.97. The van der Waals surface area contributed by atoms with E-state index < -0.39 is 28.6 Å². The highest BCUT2D eigenvalue weighted by Crippen LogP contribution is 2.33. The molecule has 0 aliphatic carbocycles. The summed E-state index contributed by atoms with van der Waals surface area (Å²) in [6.45, 7) is 0. The minimum absolute atomic E-state index is 0.109. The van der Waals surface area contributed by atoms with E-state index in [1.807, 2.05) is 0 Å². The first kappa shape index (κ1) is 16.4. The van der Waals surface area contributed by atoms with Gasteiger partial charge in [0.15, 0.2) is 5.69 Å². The fraction of sp³-hybridized carbons (Fsp3) is 0.0833. The van der Waals surface area contributed by atoms with Crippen molar-refractivity contribution in [3.05, 3.63) is 44.3 Å². The summed E-state index contributed by atoms with van der Waals surface area (Å²) >= 11 is 3.60. The van der Waals surface area contributed by atoms with Gasteiger partial charge < -0.3 is 10.4 Å². The zero-order valence-corrected chi connectivity index (χ0v) is 12.8. The molecular formula is C12H6BrF3N2O3S. The van der Waals surface area contributed by atoms with Crippen molar-refractivity contribution < 1.29 is 27.9 Å². The number of carbonyl (C=O) groups is 2. The number of nitrogens with zero attached hydrogens (tertiary/aromatic N) is 1. The van der Waals surface area contributed by atoms with Gasteiger partial charge in [0.05, 0.1) is 16.8 Å². The Kier molecular flexibility index (Phi) is 4.52. The number of hydrogen-bond donors (Lipinski definition) is 2. The molecule has 0 aliphatic heterocycles. The van der Waals surface area contributed by atoms with E-state index in [0.717, 1.165) is 5.51 Å². The van der Waals surface area contributed by atoms with Crippen LogP contribution in [0.3, 0.4) is 0 Å². The quantitative estimate of drug-likeness (QED) is 0.827. The predicted molar refractivity (Wildman–Crippen MR) is 76.2 cm³/mol. The highest BCUT2D eigenvalue weighted by atomic mass is 79.9. The number of aromatic carboxylic acids is 1. The number of nitrogens with one attached hydrogen (secondary N) is 1. The number of rotatable bonds is 3. The van der Waals surface area contributed by atoms with Crippen molar-refractivity contribution in [2.75, 3.05) is 5.32 Å². The fourth-order valence-corrected chi connectivity index (χ4v) is 2.65. The Morgan fingerprint density at radius 3 is 2.59 bits per heavy atom. The molecule has 0 saturated heterocycles. The van der Waals surface area contributed by atoms with Crippen LogP contribution in [0.1, 0.15) is 25.7 Å². The maximum absolute atomic E-state index is 12.7. The highest BCUT2D eigenvalue weighted by molar-refractivity contribution is 9.10. The van der Waals surface area contributed by atoms with E-state index in [4.69, 9.17) is 5.11 Å². The normalized spacial score (nSPS) is 11.3. The number of alkyl halides is 3. The van der Waals surface area contributed by atoms with Crippen molar-refractivity contribution in [2.45, 2.75) is 6.18 Å². The molecule has 5 nitrogen and oxygen atoms in total. The number of thiazole rings is 1. The van der Waals surface area contributed by atoms with Crippen LogP contribution >= 0.6 is 27.3 Å². The third kappa shape index (κ3) is 3.45. The van der Waals surface area contributed by atoms with Crippen molar-refractivity contribution in [3.63, 3.8) is 0 Å². The number of carbonyl (C=O) groups excluding carboxylic acids is 1. The molecule has 2 N–H and O–H groups in total. The van der Waals surface area contributed by atoms with Crippen molar-refractivity contribution in [3.8, 4) is 0 Å². The Bertz CT molecular complexity index is 745. The van der Waals surface area contributed by atoms with E-state index >= 15 is 0 Å². The molecule has 1 aromatic carbocycles. The van der Waals surface area contributed by atoms with Gasteiger partial charge in [-0.1, -0.05) is 15.9 Å². The molecule has 1 heterocycles. The van der Waals surface area contributed by atoms with Crippen LogP contribution in [-0.4, -0.2) is 22.0 Å². The van der Waals surface area contributed by atoms with Crippen LogP contribution in [0.2, 0.25) is 0 Å². The maximum Gasteiger partial charge on any atom is 0.434 e. The zero-order valence-electron chi connectivity index (χ0n) is 10.4. The Morgan fingerprint density at radius 2 is 2.00 bits per heavy atom. The second kappa shape index (κ2) is 6.05. The molecule has 22 heavy (non-hydrogen) atoms. The molecule has 10 heteroatoms. The first-order valence-electron chi connectivity index (χ1n) is 5.55. The minimum atomic E-state index is -4.76. The van der Waals surface area contributed by atoms with Gasteiger partial charge in [0.2, 0.25) is 0 Å². The number of halogens is 4. The molecule has 0 spiro atoms. The van der Waals surface area contributed by atoms with E-state index in [2.05, 4.69) is 26.2 Å². The van der Waals surface area contributed by atoms with Crippen molar-refractivity contribution in [2.24, 2.45) is 0 Å². The Hall–Kier alpha value is -1.94. The van der Waals surface area contributed by atoms with Gasteiger partial charge in [0, 0.05) is 4.47 Å². The number of carboxylic acids is 1. The fourth-order valence-electron chi connectivity index (χ4n) is 1.59. The number of aromatic nitrogens is 1. The molecule has 0 aliphatic rings. The van der Waals surface area contributed by atoms with Crippen LogP contribution in [0.15, 0.2) is 28.2 Å². The number of hydrogen-bond acceptors (Lipinski definition) is 4. The van der Waals surface area contributed by atoms with Crippen LogP contribution in [0, 0.1) is 0 Å². The standard InChI is InChI=1S/C12H6BrF3N2O3S/c13-5-1-2-7(6(3-5)11(20)21)18-10(19)8-9(12(14,15)16)17-4-22-8/h1-4H,(H,18,19)(H,20,21). The Morgan fingerprint density at radius 1 is 1.32 bits per heavy atom. The lowest BCUT2D eigenvalue weighted by Gasteiger charge is -2.10. The Labute approximate surface area is 133 Å². The highest BCUT2D eigenvalue weighted by Gasteiger charge is 2.38. The van der Waals surface area contributed by atoms with Gasteiger partial charge in [-0.15, -0.1) is 11.3 Å². The van der Waals surface area contributed by atoms with Gasteiger partial charge in [0.25, 0.3) is 5.91 Å². The van der Waals surface area contributed by atoms with Gasteiger partial charge >= 0.3 is 12.1 Å². The zero-order chi connectivity index (χ0) is 16.5. The van der Waals surface area contributed by atoms with Crippen LogP contribution in [-0.2, 0) is 6.18 Å². The van der Waals surface area contributed by atoms with Crippen molar-refractivity contribution >= 4 is 44.8 Å². The number of anilines is 1.